The van der Waals surface area contributed by atoms with Crippen molar-refractivity contribution >= 4 is 11.6 Å². The summed E-state index contributed by atoms with van der Waals surface area (Å²) in [7, 11) is 0. The zero-order chi connectivity index (χ0) is 11.0. The molecule has 5 heteroatoms. The van der Waals surface area contributed by atoms with Crippen molar-refractivity contribution in [1.82, 2.24) is 5.43 Å². The van der Waals surface area contributed by atoms with E-state index in [1.165, 1.54) is 0 Å². The second-order valence-corrected chi connectivity index (χ2v) is 4.18. The number of hydrazine groups is 1. The molecule has 1 saturated carbocycles. The summed E-state index contributed by atoms with van der Waals surface area (Å²) in [5.41, 5.74) is 2.77. The molecule has 0 amide bonds. The third-order valence-corrected chi connectivity index (χ3v) is 2.94. The summed E-state index contributed by atoms with van der Waals surface area (Å²) in [6.45, 7) is 0. The van der Waals surface area contributed by atoms with E-state index in [0.717, 1.165) is 25.0 Å². The van der Waals surface area contributed by atoms with Crippen molar-refractivity contribution in [3.8, 4) is 0 Å². The van der Waals surface area contributed by atoms with Crippen molar-refractivity contribution in [3.05, 3.63) is 34.4 Å². The van der Waals surface area contributed by atoms with E-state index in [0.29, 0.717) is 5.92 Å². The van der Waals surface area contributed by atoms with Gasteiger partial charge in [0.15, 0.2) is 0 Å². The second-order valence-electron chi connectivity index (χ2n) is 3.77. The first-order chi connectivity index (χ1) is 7.13. The molecule has 0 heterocycles. The molecule has 3 N–H and O–H groups in total. The number of nitrogens with two attached hydrogens (primary N) is 1. The van der Waals surface area contributed by atoms with Gasteiger partial charge in [-0.05, 0) is 30.9 Å². The Morgan fingerprint density at radius 3 is 2.53 bits per heavy atom. The Hall–Kier alpha value is -0.710. The Morgan fingerprint density at radius 1 is 1.33 bits per heavy atom. The first kappa shape index (κ1) is 10.8. The molecule has 1 fully saturated rings. The van der Waals surface area contributed by atoms with Crippen LogP contribution in [0.1, 0.15) is 24.4 Å². The maximum absolute atomic E-state index is 13.5. The minimum atomic E-state index is -0.617. The van der Waals surface area contributed by atoms with E-state index in [4.69, 9.17) is 17.4 Å². The number of hydrogen-bond acceptors (Lipinski definition) is 2. The quantitative estimate of drug-likeness (QED) is 0.478. The normalized spacial score (nSPS) is 17.9. The standard InChI is InChI=1S/C10H11ClF2N2/c11-7-4-8(12)6(3-9(7)13)10(15-14)5-1-2-5/h3-5,10,15H,1-2,14H2. The molecule has 1 aromatic carbocycles. The molecular formula is C10H11ClF2N2. The molecule has 82 valence electrons. The summed E-state index contributed by atoms with van der Waals surface area (Å²) >= 11 is 5.46. The van der Waals surface area contributed by atoms with Gasteiger partial charge in [0.1, 0.15) is 11.6 Å². The molecule has 0 bridgehead atoms. The summed E-state index contributed by atoms with van der Waals surface area (Å²) in [6, 6.07) is 1.77. The average molecular weight is 233 g/mol. The number of rotatable bonds is 3. The van der Waals surface area contributed by atoms with Crippen molar-refractivity contribution in [3.63, 3.8) is 0 Å². The maximum atomic E-state index is 13.5. The fourth-order valence-corrected chi connectivity index (χ4v) is 1.84. The largest absolute Gasteiger partial charge is 0.271 e. The third-order valence-electron chi connectivity index (χ3n) is 2.65. The van der Waals surface area contributed by atoms with Gasteiger partial charge < -0.3 is 0 Å². The number of halogens is 3. The zero-order valence-corrected chi connectivity index (χ0v) is 8.69. The topological polar surface area (TPSA) is 38.0 Å². The van der Waals surface area contributed by atoms with Crippen LogP contribution in [0.3, 0.4) is 0 Å². The van der Waals surface area contributed by atoms with Crippen molar-refractivity contribution < 1.29 is 8.78 Å². The van der Waals surface area contributed by atoms with E-state index < -0.39 is 11.6 Å². The number of nitrogens with one attached hydrogen (secondary N) is 1. The van der Waals surface area contributed by atoms with E-state index in [1.807, 2.05) is 0 Å². The van der Waals surface area contributed by atoms with Crippen molar-refractivity contribution in [2.75, 3.05) is 0 Å². The lowest BCUT2D eigenvalue weighted by atomic mass is 10.0. The van der Waals surface area contributed by atoms with E-state index in [-0.39, 0.29) is 16.6 Å². The van der Waals surface area contributed by atoms with E-state index in [1.54, 1.807) is 0 Å². The summed E-state index contributed by atoms with van der Waals surface area (Å²) in [5, 5.41) is -0.206. The van der Waals surface area contributed by atoms with E-state index >= 15 is 0 Å². The third kappa shape index (κ3) is 2.12. The smallest absolute Gasteiger partial charge is 0.142 e. The van der Waals surface area contributed by atoms with Gasteiger partial charge in [0.25, 0.3) is 0 Å². The highest BCUT2D eigenvalue weighted by Gasteiger charge is 2.33. The Bertz CT molecular complexity index is 380. The Balaban J connectivity index is 2.37. The van der Waals surface area contributed by atoms with Gasteiger partial charge in [-0.25, -0.2) is 8.78 Å². The molecule has 1 atom stereocenters. The molecule has 1 aliphatic carbocycles. The van der Waals surface area contributed by atoms with Gasteiger partial charge in [0, 0.05) is 5.56 Å². The Morgan fingerprint density at radius 2 is 2.00 bits per heavy atom. The highest BCUT2D eigenvalue weighted by atomic mass is 35.5. The van der Waals surface area contributed by atoms with Crippen LogP contribution in [0.4, 0.5) is 8.78 Å². The lowest BCUT2D eigenvalue weighted by Gasteiger charge is -2.16. The Kier molecular flexibility index (Phi) is 2.91. The van der Waals surface area contributed by atoms with Crippen LogP contribution < -0.4 is 11.3 Å². The van der Waals surface area contributed by atoms with Gasteiger partial charge in [-0.3, -0.25) is 11.3 Å². The molecule has 2 rings (SSSR count). The van der Waals surface area contributed by atoms with Crippen LogP contribution in [0.5, 0.6) is 0 Å². The van der Waals surface area contributed by atoms with Gasteiger partial charge in [-0.15, -0.1) is 0 Å². The second kappa shape index (κ2) is 4.04. The highest BCUT2D eigenvalue weighted by Crippen LogP contribution is 2.41. The first-order valence-corrected chi connectivity index (χ1v) is 5.12. The van der Waals surface area contributed by atoms with Crippen LogP contribution in [0.25, 0.3) is 0 Å². The molecule has 0 saturated heterocycles. The van der Waals surface area contributed by atoms with E-state index in [9.17, 15) is 8.78 Å². The molecule has 0 aliphatic heterocycles. The molecule has 0 radical (unpaired) electrons. The van der Waals surface area contributed by atoms with Crippen LogP contribution in [-0.4, -0.2) is 0 Å². The SMILES string of the molecule is NNC(c1cc(F)c(Cl)cc1F)C1CC1. The lowest BCUT2D eigenvalue weighted by Crippen LogP contribution is -2.30. The fourth-order valence-electron chi connectivity index (χ4n) is 1.69. The molecule has 1 unspecified atom stereocenters. The predicted molar refractivity (Wildman–Crippen MR) is 54.2 cm³/mol. The van der Waals surface area contributed by atoms with Gasteiger partial charge in [0.05, 0.1) is 11.1 Å². The van der Waals surface area contributed by atoms with Gasteiger partial charge in [-0.2, -0.15) is 0 Å². The molecule has 1 aliphatic rings. The highest BCUT2D eigenvalue weighted by molar-refractivity contribution is 6.30. The Labute approximate surface area is 91.4 Å². The number of benzene rings is 1. The maximum Gasteiger partial charge on any atom is 0.142 e. The summed E-state index contributed by atoms with van der Waals surface area (Å²) in [4.78, 5) is 0. The first-order valence-electron chi connectivity index (χ1n) is 4.74. The van der Waals surface area contributed by atoms with Crippen molar-refractivity contribution in [1.29, 1.82) is 0 Å². The predicted octanol–water partition coefficient (Wildman–Crippen LogP) is 2.53. The van der Waals surface area contributed by atoms with Gasteiger partial charge in [-0.1, -0.05) is 11.6 Å². The van der Waals surface area contributed by atoms with Crippen LogP contribution in [0, 0.1) is 17.6 Å². The minimum absolute atomic E-state index is 0.206. The van der Waals surface area contributed by atoms with Gasteiger partial charge >= 0.3 is 0 Å². The van der Waals surface area contributed by atoms with Crippen molar-refractivity contribution in [2.24, 2.45) is 11.8 Å². The molecule has 0 aromatic heterocycles. The zero-order valence-electron chi connectivity index (χ0n) is 7.93. The van der Waals surface area contributed by atoms with Crippen LogP contribution >= 0.6 is 11.6 Å². The van der Waals surface area contributed by atoms with Crippen LogP contribution in [-0.2, 0) is 0 Å². The van der Waals surface area contributed by atoms with E-state index in [2.05, 4.69) is 5.43 Å². The summed E-state index contributed by atoms with van der Waals surface area (Å²) in [5.74, 6) is 4.49. The minimum Gasteiger partial charge on any atom is -0.271 e. The average Bonchev–Trinajstić information content (AvgIpc) is 2.99. The van der Waals surface area contributed by atoms with Gasteiger partial charge in [0.2, 0.25) is 0 Å². The molecule has 1 aromatic rings. The summed E-state index contributed by atoms with van der Waals surface area (Å²) < 4.78 is 26.7. The summed E-state index contributed by atoms with van der Waals surface area (Å²) in [6.07, 6.45) is 1.97. The monoisotopic (exact) mass is 232 g/mol. The molecule has 0 spiro atoms. The number of hydrogen-bond donors (Lipinski definition) is 2. The lowest BCUT2D eigenvalue weighted by molar-refractivity contribution is 0.464. The molecule has 15 heavy (non-hydrogen) atoms. The van der Waals surface area contributed by atoms with Crippen LogP contribution in [0.15, 0.2) is 12.1 Å². The fraction of sp³-hybridized carbons (Fsp3) is 0.400. The molecular weight excluding hydrogens is 222 g/mol. The molecule has 2 nitrogen and oxygen atoms in total. The van der Waals surface area contributed by atoms with Crippen molar-refractivity contribution in [2.45, 2.75) is 18.9 Å². The van der Waals surface area contributed by atoms with Crippen LogP contribution in [0.2, 0.25) is 5.02 Å².